The molecule has 0 amide bonds. The molecule has 0 radical (unpaired) electrons. The second kappa shape index (κ2) is 7.93. The van der Waals surface area contributed by atoms with Gasteiger partial charge in [-0.15, -0.1) is 0 Å². The molecule has 1 fully saturated rings. The predicted molar refractivity (Wildman–Crippen MR) is 102 cm³/mol. The number of aromatic amines is 1. The summed E-state index contributed by atoms with van der Waals surface area (Å²) in [6, 6.07) is 5.79. The lowest BCUT2D eigenvalue weighted by Gasteiger charge is -2.35. The van der Waals surface area contributed by atoms with Gasteiger partial charge in [0.25, 0.3) is 0 Å². The quantitative estimate of drug-likeness (QED) is 0.817. The predicted octanol–water partition coefficient (Wildman–Crippen LogP) is 2.28. The molecule has 2 atom stereocenters. The molecule has 0 spiro atoms. The second-order valence-corrected chi connectivity index (χ2v) is 7.59. The number of piperidine rings is 1. The first kappa shape index (κ1) is 20.1. The third kappa shape index (κ3) is 3.97. The topological polar surface area (TPSA) is 61.4 Å². The Hall–Kier alpha value is -2.16. The fraction of sp³-hybridized carbons (Fsp3) is 0.476. The molecule has 29 heavy (non-hydrogen) atoms. The van der Waals surface area contributed by atoms with E-state index in [0.717, 1.165) is 23.1 Å². The van der Waals surface area contributed by atoms with Crippen molar-refractivity contribution in [3.05, 3.63) is 51.7 Å². The molecule has 2 N–H and O–H groups in total. The van der Waals surface area contributed by atoms with E-state index < -0.39 is 18.0 Å². The number of ether oxygens (including phenoxy) is 1. The minimum Gasteiger partial charge on any atom is -0.377 e. The summed E-state index contributed by atoms with van der Waals surface area (Å²) in [7, 11) is 1.64. The minimum atomic E-state index is -4.36. The third-order valence-corrected chi connectivity index (χ3v) is 5.90. The molecule has 0 bridgehead atoms. The zero-order valence-electron chi connectivity index (χ0n) is 16.1. The third-order valence-electron chi connectivity index (χ3n) is 5.90. The Morgan fingerprint density at radius 1 is 1.24 bits per heavy atom. The molecule has 1 aliphatic heterocycles. The Labute approximate surface area is 166 Å². The van der Waals surface area contributed by atoms with E-state index in [-0.39, 0.29) is 12.0 Å². The van der Waals surface area contributed by atoms with E-state index in [2.05, 4.69) is 10.2 Å². The van der Waals surface area contributed by atoms with Crippen LogP contribution in [0.1, 0.15) is 48.2 Å². The van der Waals surface area contributed by atoms with Gasteiger partial charge in [-0.3, -0.25) is 10.00 Å². The van der Waals surface area contributed by atoms with Crippen molar-refractivity contribution >= 4 is 12.2 Å². The van der Waals surface area contributed by atoms with Gasteiger partial charge >= 0.3 is 6.18 Å². The zero-order chi connectivity index (χ0) is 20.6. The van der Waals surface area contributed by atoms with E-state index in [1.807, 2.05) is 17.1 Å². The first-order valence-corrected chi connectivity index (χ1v) is 9.76. The number of rotatable bonds is 4. The van der Waals surface area contributed by atoms with Crippen molar-refractivity contribution in [3.63, 3.8) is 0 Å². The molecular formula is C21H24F3N3O2. The number of nitrogens with one attached hydrogen (secondary N) is 1. The molecule has 2 aliphatic rings. The molecule has 1 aliphatic carbocycles. The number of benzene rings is 1. The Morgan fingerprint density at radius 3 is 2.66 bits per heavy atom. The first-order valence-electron chi connectivity index (χ1n) is 9.76. The van der Waals surface area contributed by atoms with Crippen LogP contribution >= 0.6 is 0 Å². The monoisotopic (exact) mass is 407 g/mol. The number of likely N-dealkylation sites (tertiary alicyclic amines) is 1. The van der Waals surface area contributed by atoms with Gasteiger partial charge in [-0.1, -0.05) is 24.3 Å². The average Bonchev–Trinajstić information content (AvgIpc) is 3.16. The van der Waals surface area contributed by atoms with Gasteiger partial charge in [-0.2, -0.15) is 18.3 Å². The maximum atomic E-state index is 13.3. The van der Waals surface area contributed by atoms with E-state index in [9.17, 15) is 18.3 Å². The summed E-state index contributed by atoms with van der Waals surface area (Å²) in [5.41, 5.74) is 0.320. The van der Waals surface area contributed by atoms with Gasteiger partial charge in [0.2, 0.25) is 0 Å². The lowest BCUT2D eigenvalue weighted by atomic mass is 9.86. The van der Waals surface area contributed by atoms with E-state index in [1.165, 1.54) is 6.07 Å². The first-order chi connectivity index (χ1) is 13.9. The number of halogens is 3. The number of aliphatic hydroxyl groups is 1. The molecule has 5 nitrogen and oxygen atoms in total. The van der Waals surface area contributed by atoms with Crippen molar-refractivity contribution < 1.29 is 23.0 Å². The molecule has 156 valence electrons. The van der Waals surface area contributed by atoms with Gasteiger partial charge in [-0.05, 0) is 42.9 Å². The standard InChI is InChI=1S/C21H24F3N3O2/c1-29-14-6-7-18-16(12-14)19(26-25-18)20(28)27-10-8-13(9-11-27)15-4-2-3-5-17(15)21(22,23)24/h2-5,7,12-14,20,25,28H,6,8-11H2,1H3. The molecule has 0 saturated carbocycles. The number of nitrogens with zero attached hydrogens (tertiary/aromatic N) is 2. The van der Waals surface area contributed by atoms with E-state index in [0.29, 0.717) is 37.2 Å². The van der Waals surface area contributed by atoms with Crippen molar-refractivity contribution in [1.82, 2.24) is 15.1 Å². The number of aromatic nitrogens is 2. The maximum absolute atomic E-state index is 13.3. The molecule has 4 rings (SSSR count). The number of alkyl halides is 3. The summed E-state index contributed by atoms with van der Waals surface area (Å²) in [6.45, 7) is 0.994. The van der Waals surface area contributed by atoms with Crippen LogP contribution in [-0.2, 0) is 10.9 Å². The molecule has 1 saturated heterocycles. The number of fused-ring (bicyclic) bond motifs is 1. The van der Waals surface area contributed by atoms with Gasteiger partial charge in [0.05, 0.1) is 17.0 Å². The molecule has 1 aromatic heterocycles. The number of hydrogen-bond acceptors (Lipinski definition) is 4. The minimum absolute atomic E-state index is 0.0596. The summed E-state index contributed by atoms with van der Waals surface area (Å²) in [6.07, 6.45) is 0.457. The molecular weight excluding hydrogens is 383 g/mol. The van der Waals surface area contributed by atoms with Crippen LogP contribution in [0.3, 0.4) is 0 Å². The van der Waals surface area contributed by atoms with E-state index in [1.54, 1.807) is 19.2 Å². The van der Waals surface area contributed by atoms with Crippen molar-refractivity contribution in [2.45, 2.75) is 43.7 Å². The largest absolute Gasteiger partial charge is 0.416 e. The average molecular weight is 407 g/mol. The molecule has 8 heteroatoms. The Morgan fingerprint density at radius 2 is 1.97 bits per heavy atom. The maximum Gasteiger partial charge on any atom is 0.416 e. The van der Waals surface area contributed by atoms with E-state index in [4.69, 9.17) is 4.74 Å². The highest BCUT2D eigenvalue weighted by Crippen LogP contribution is 2.39. The highest BCUT2D eigenvalue weighted by atomic mass is 19.4. The van der Waals surface area contributed by atoms with Gasteiger partial charge < -0.3 is 9.84 Å². The van der Waals surface area contributed by atoms with Gasteiger partial charge in [0.1, 0.15) is 5.69 Å². The van der Waals surface area contributed by atoms with Crippen LogP contribution in [0.5, 0.6) is 0 Å². The van der Waals surface area contributed by atoms with Crippen LogP contribution in [0.2, 0.25) is 0 Å². The van der Waals surface area contributed by atoms with Crippen molar-refractivity contribution in [3.8, 4) is 0 Å². The SMILES string of the molecule is COC1C=c2c(C(O)N3CCC(c4ccccc4C(F)(F)F)CC3)n[nH]c2=CC1. The number of aliphatic hydroxyl groups excluding tert-OH is 1. The van der Waals surface area contributed by atoms with Crippen LogP contribution < -0.4 is 10.6 Å². The van der Waals surface area contributed by atoms with Gasteiger partial charge in [0.15, 0.2) is 6.23 Å². The number of methoxy groups -OCH3 is 1. The van der Waals surface area contributed by atoms with Crippen LogP contribution in [-0.4, -0.2) is 46.5 Å². The molecule has 2 aromatic rings. The van der Waals surface area contributed by atoms with Crippen LogP contribution in [0.4, 0.5) is 13.2 Å². The fourth-order valence-corrected chi connectivity index (χ4v) is 4.30. The summed E-state index contributed by atoms with van der Waals surface area (Å²) in [5, 5.41) is 19.8. The van der Waals surface area contributed by atoms with Crippen LogP contribution in [0.15, 0.2) is 24.3 Å². The van der Waals surface area contributed by atoms with E-state index >= 15 is 0 Å². The normalized spacial score (nSPS) is 21.9. The van der Waals surface area contributed by atoms with Crippen LogP contribution in [0.25, 0.3) is 12.2 Å². The van der Waals surface area contributed by atoms with Crippen LogP contribution in [0, 0.1) is 0 Å². The zero-order valence-corrected chi connectivity index (χ0v) is 16.1. The molecule has 2 heterocycles. The van der Waals surface area contributed by atoms with Crippen molar-refractivity contribution in [2.24, 2.45) is 0 Å². The summed E-state index contributed by atoms with van der Waals surface area (Å²) >= 11 is 0. The lowest BCUT2D eigenvalue weighted by molar-refractivity contribution is -0.138. The summed E-state index contributed by atoms with van der Waals surface area (Å²) in [4.78, 5) is 1.87. The second-order valence-electron chi connectivity index (χ2n) is 7.59. The fourth-order valence-electron chi connectivity index (χ4n) is 4.30. The van der Waals surface area contributed by atoms with Gasteiger partial charge in [-0.25, -0.2) is 0 Å². The van der Waals surface area contributed by atoms with Crippen molar-refractivity contribution in [2.75, 3.05) is 20.2 Å². The Bertz CT molecular complexity index is 978. The summed E-state index contributed by atoms with van der Waals surface area (Å²) in [5.74, 6) is -0.179. The molecule has 1 aromatic carbocycles. The Balaban J connectivity index is 1.50. The highest BCUT2D eigenvalue weighted by molar-refractivity contribution is 5.42. The summed E-state index contributed by atoms with van der Waals surface area (Å²) < 4.78 is 45.4. The lowest BCUT2D eigenvalue weighted by Crippen LogP contribution is -2.40. The highest BCUT2D eigenvalue weighted by Gasteiger charge is 2.36. The van der Waals surface area contributed by atoms with Gasteiger partial charge in [0, 0.05) is 25.4 Å². The Kier molecular flexibility index (Phi) is 5.50. The molecule has 2 unspecified atom stereocenters. The number of H-pyrrole nitrogens is 1. The smallest absolute Gasteiger partial charge is 0.377 e. The van der Waals surface area contributed by atoms with Crippen molar-refractivity contribution in [1.29, 1.82) is 0 Å². The number of hydrogen-bond donors (Lipinski definition) is 2.